The van der Waals surface area contributed by atoms with Crippen molar-refractivity contribution in [3.63, 3.8) is 0 Å². The van der Waals surface area contributed by atoms with Crippen LogP contribution in [0, 0.1) is 0 Å². The predicted molar refractivity (Wildman–Crippen MR) is 44.2 cm³/mol. The van der Waals surface area contributed by atoms with Crippen LogP contribution in [-0.2, 0) is 4.79 Å². The lowest BCUT2D eigenvalue weighted by Crippen LogP contribution is -2.95. The van der Waals surface area contributed by atoms with Gasteiger partial charge in [0.15, 0.2) is 0 Å². The summed E-state index contributed by atoms with van der Waals surface area (Å²) >= 11 is 0. The number of rotatable bonds is 2. The molecule has 0 bridgehead atoms. The van der Waals surface area contributed by atoms with E-state index in [1.165, 1.54) is 0 Å². The number of ketones is 1. The van der Waals surface area contributed by atoms with Gasteiger partial charge in [-0.3, -0.25) is 4.79 Å². The van der Waals surface area contributed by atoms with Crippen LogP contribution >= 0.6 is 0 Å². The van der Waals surface area contributed by atoms with Gasteiger partial charge < -0.3 is 5.32 Å². The average molecular weight is 154 g/mol. The summed E-state index contributed by atoms with van der Waals surface area (Å²) < 4.78 is 0. The lowest BCUT2D eigenvalue weighted by molar-refractivity contribution is -0.710. The molecule has 0 radical (unpaired) electrons. The molecule has 2 nitrogen and oxygen atoms in total. The van der Waals surface area contributed by atoms with Gasteiger partial charge in [-0.1, -0.05) is 6.08 Å². The van der Waals surface area contributed by atoms with Crippen molar-refractivity contribution in [2.45, 2.75) is 38.8 Å². The molecule has 0 amide bonds. The first kappa shape index (κ1) is 8.47. The molecule has 11 heavy (non-hydrogen) atoms. The van der Waals surface area contributed by atoms with E-state index in [0.717, 1.165) is 6.42 Å². The van der Waals surface area contributed by atoms with E-state index in [1.807, 2.05) is 0 Å². The van der Waals surface area contributed by atoms with E-state index < -0.39 is 0 Å². The van der Waals surface area contributed by atoms with Crippen LogP contribution in [0.1, 0.15) is 26.7 Å². The Hall–Kier alpha value is -0.630. The molecule has 1 heterocycles. The first-order valence-corrected chi connectivity index (χ1v) is 4.19. The number of nitrogens with two attached hydrogens (primary N) is 1. The Labute approximate surface area is 67.7 Å². The maximum absolute atomic E-state index is 10.8. The molecule has 0 spiro atoms. The molecule has 0 aromatic heterocycles. The Kier molecular flexibility index (Phi) is 2.83. The zero-order chi connectivity index (χ0) is 8.27. The number of Topliss-reactive ketones (excluding diaryl/α,β-unsaturated/α-hetero) is 1. The Morgan fingerprint density at radius 2 is 2.45 bits per heavy atom. The third kappa shape index (κ3) is 2.85. The third-order valence-electron chi connectivity index (χ3n) is 2.00. The standard InChI is InChI=1S/C9H15NO/c1-7-4-3-5-9(10-7)6-8(2)11/h3-4,7,9-10H,5-6H2,1-2H3/p+1/t7-,9+/m0/s1. The predicted octanol–water partition coefficient (Wildman–Crippen LogP) is 0.246. The number of hydrogen-bond donors (Lipinski definition) is 1. The number of carbonyl (C=O) groups is 1. The fraction of sp³-hybridized carbons (Fsp3) is 0.667. The quantitative estimate of drug-likeness (QED) is 0.568. The summed E-state index contributed by atoms with van der Waals surface area (Å²) in [5, 5.41) is 2.27. The molecule has 1 rings (SSSR count). The van der Waals surface area contributed by atoms with Crippen molar-refractivity contribution < 1.29 is 10.1 Å². The number of carbonyl (C=O) groups excluding carboxylic acids is 1. The summed E-state index contributed by atoms with van der Waals surface area (Å²) in [4.78, 5) is 10.8. The molecule has 0 saturated heterocycles. The Morgan fingerprint density at radius 3 is 3.00 bits per heavy atom. The van der Waals surface area contributed by atoms with Gasteiger partial charge in [0.05, 0.1) is 12.5 Å². The van der Waals surface area contributed by atoms with Gasteiger partial charge in [0.2, 0.25) is 0 Å². The van der Waals surface area contributed by atoms with Crippen molar-refractivity contribution in [1.82, 2.24) is 0 Å². The number of hydrogen-bond acceptors (Lipinski definition) is 1. The highest BCUT2D eigenvalue weighted by Gasteiger charge is 2.18. The highest BCUT2D eigenvalue weighted by molar-refractivity contribution is 5.75. The lowest BCUT2D eigenvalue weighted by atomic mass is 10.0. The van der Waals surface area contributed by atoms with Crippen molar-refractivity contribution in [2.75, 3.05) is 0 Å². The first-order valence-electron chi connectivity index (χ1n) is 4.19. The third-order valence-corrected chi connectivity index (χ3v) is 2.00. The first-order chi connectivity index (χ1) is 5.18. The molecular formula is C9H16NO+. The van der Waals surface area contributed by atoms with Gasteiger partial charge in [0.25, 0.3) is 0 Å². The van der Waals surface area contributed by atoms with E-state index in [4.69, 9.17) is 0 Å². The van der Waals surface area contributed by atoms with Crippen LogP contribution in [-0.4, -0.2) is 17.9 Å². The largest absolute Gasteiger partial charge is 0.338 e. The van der Waals surface area contributed by atoms with E-state index in [-0.39, 0.29) is 0 Å². The van der Waals surface area contributed by atoms with E-state index in [2.05, 4.69) is 24.4 Å². The van der Waals surface area contributed by atoms with Crippen LogP contribution in [0.4, 0.5) is 0 Å². The Morgan fingerprint density at radius 1 is 1.73 bits per heavy atom. The summed E-state index contributed by atoms with van der Waals surface area (Å²) in [5.74, 6) is 0.300. The minimum atomic E-state index is 0.300. The lowest BCUT2D eigenvalue weighted by Gasteiger charge is -2.19. The molecule has 62 valence electrons. The van der Waals surface area contributed by atoms with Gasteiger partial charge in [0.1, 0.15) is 11.8 Å². The molecular weight excluding hydrogens is 138 g/mol. The van der Waals surface area contributed by atoms with Crippen LogP contribution in [0.2, 0.25) is 0 Å². The van der Waals surface area contributed by atoms with Crippen LogP contribution in [0.25, 0.3) is 0 Å². The van der Waals surface area contributed by atoms with Gasteiger partial charge in [-0.15, -0.1) is 0 Å². The van der Waals surface area contributed by atoms with Gasteiger partial charge >= 0.3 is 0 Å². The van der Waals surface area contributed by atoms with Gasteiger partial charge in [0, 0.05) is 6.42 Å². The van der Waals surface area contributed by atoms with Crippen molar-refractivity contribution in [3.8, 4) is 0 Å². The fourth-order valence-electron chi connectivity index (χ4n) is 1.56. The van der Waals surface area contributed by atoms with E-state index in [9.17, 15) is 4.79 Å². The zero-order valence-corrected chi connectivity index (χ0v) is 7.21. The summed E-state index contributed by atoms with van der Waals surface area (Å²) in [6, 6.07) is 1.04. The smallest absolute Gasteiger partial charge is 0.135 e. The second-order valence-electron chi connectivity index (χ2n) is 3.38. The molecule has 0 fully saturated rings. The molecule has 0 unspecified atom stereocenters. The van der Waals surface area contributed by atoms with Crippen molar-refractivity contribution in [2.24, 2.45) is 0 Å². The Bertz CT molecular complexity index is 174. The number of quaternary nitrogens is 1. The molecule has 2 N–H and O–H groups in total. The van der Waals surface area contributed by atoms with Gasteiger partial charge in [-0.25, -0.2) is 0 Å². The maximum Gasteiger partial charge on any atom is 0.135 e. The molecule has 0 saturated carbocycles. The second kappa shape index (κ2) is 3.67. The minimum absolute atomic E-state index is 0.300. The zero-order valence-electron chi connectivity index (χ0n) is 7.21. The van der Waals surface area contributed by atoms with Crippen LogP contribution in [0.5, 0.6) is 0 Å². The van der Waals surface area contributed by atoms with Crippen LogP contribution in [0.3, 0.4) is 0 Å². The van der Waals surface area contributed by atoms with Crippen LogP contribution in [0.15, 0.2) is 12.2 Å². The summed E-state index contributed by atoms with van der Waals surface area (Å²) in [6.07, 6.45) is 6.13. The topological polar surface area (TPSA) is 33.7 Å². The molecule has 1 aliphatic rings. The molecule has 1 aliphatic heterocycles. The van der Waals surface area contributed by atoms with E-state index in [1.54, 1.807) is 6.92 Å². The minimum Gasteiger partial charge on any atom is -0.338 e. The van der Waals surface area contributed by atoms with Crippen LogP contribution < -0.4 is 5.32 Å². The van der Waals surface area contributed by atoms with Gasteiger partial charge in [-0.05, 0) is 19.9 Å². The summed E-state index contributed by atoms with van der Waals surface area (Å²) in [6.45, 7) is 3.82. The molecule has 0 aliphatic carbocycles. The molecule has 0 aromatic rings. The van der Waals surface area contributed by atoms with Crippen molar-refractivity contribution in [1.29, 1.82) is 0 Å². The molecule has 2 atom stereocenters. The summed E-state index contributed by atoms with van der Waals surface area (Å²) in [7, 11) is 0. The van der Waals surface area contributed by atoms with Gasteiger partial charge in [-0.2, -0.15) is 0 Å². The SMILES string of the molecule is CC(=O)C[C@H]1CC=C[C@H](C)[NH2+]1. The molecule has 2 heteroatoms. The van der Waals surface area contributed by atoms with E-state index >= 15 is 0 Å². The Balaban J connectivity index is 2.37. The average Bonchev–Trinajstić information content (AvgIpc) is 1.85. The second-order valence-corrected chi connectivity index (χ2v) is 3.38. The fourth-order valence-corrected chi connectivity index (χ4v) is 1.56. The van der Waals surface area contributed by atoms with Crippen molar-refractivity contribution >= 4 is 5.78 Å². The highest BCUT2D eigenvalue weighted by Crippen LogP contribution is 2.00. The molecule has 0 aromatic carbocycles. The highest BCUT2D eigenvalue weighted by atomic mass is 16.1. The maximum atomic E-state index is 10.8. The normalized spacial score (nSPS) is 30.4. The summed E-state index contributed by atoms with van der Waals surface area (Å²) in [5.41, 5.74) is 0. The monoisotopic (exact) mass is 154 g/mol. The van der Waals surface area contributed by atoms with E-state index in [0.29, 0.717) is 24.3 Å². The van der Waals surface area contributed by atoms with Crippen molar-refractivity contribution in [3.05, 3.63) is 12.2 Å².